The molecule has 1 aliphatic rings. The number of alkyl halides is 2. The van der Waals surface area contributed by atoms with Crippen LogP contribution in [0.2, 0.25) is 5.02 Å². The number of ether oxygens (including phenoxy) is 1. The zero-order valence-corrected chi connectivity index (χ0v) is 31.3. The van der Waals surface area contributed by atoms with Crippen molar-refractivity contribution in [2.75, 3.05) is 25.6 Å². The van der Waals surface area contributed by atoms with Gasteiger partial charge in [-0.2, -0.15) is 0 Å². The van der Waals surface area contributed by atoms with Crippen LogP contribution in [0, 0.1) is 23.0 Å². The summed E-state index contributed by atoms with van der Waals surface area (Å²) in [4.78, 5) is 25.2. The van der Waals surface area contributed by atoms with Crippen LogP contribution in [0.25, 0.3) is 16.7 Å². The summed E-state index contributed by atoms with van der Waals surface area (Å²) in [5, 5.41) is 13.1. The summed E-state index contributed by atoms with van der Waals surface area (Å²) in [6.45, 7) is 8.76. The fourth-order valence-corrected chi connectivity index (χ4v) is 7.51. The lowest BCUT2D eigenvalue weighted by Gasteiger charge is -2.29. The molecule has 12 heteroatoms. The third kappa shape index (κ3) is 8.68. The van der Waals surface area contributed by atoms with E-state index in [1.165, 1.54) is 12.1 Å². The van der Waals surface area contributed by atoms with Crippen molar-refractivity contribution in [3.05, 3.63) is 91.6 Å². The number of benzene rings is 2. The number of rotatable bonds is 15. The average molecular weight is 742 g/mol. The highest BCUT2D eigenvalue weighted by Crippen LogP contribution is 2.41. The maximum atomic E-state index is 15.1. The molecule has 0 bridgehead atoms. The summed E-state index contributed by atoms with van der Waals surface area (Å²) in [6.07, 6.45) is 2.50. The molecule has 280 valence electrons. The molecule has 5 rings (SSSR count). The summed E-state index contributed by atoms with van der Waals surface area (Å²) in [7, 11) is 1.62. The molecule has 0 spiro atoms. The fourth-order valence-electron chi connectivity index (χ4n) is 7.24. The van der Waals surface area contributed by atoms with Crippen LogP contribution < -0.4 is 10.9 Å². The number of methoxy groups -OCH3 is 1. The number of pyridine rings is 1. The van der Waals surface area contributed by atoms with Gasteiger partial charge in [0, 0.05) is 68.0 Å². The minimum Gasteiger partial charge on any atom is -0.385 e. The Morgan fingerprint density at radius 1 is 1.10 bits per heavy atom. The monoisotopic (exact) mass is 741 g/mol. The standard InChI is InChI=1S/C40H48ClF4N5O2/c1-6-9-31(46)35-30(41)10-11-33(36(35)47-16-8-17-52-5)50-38(29(23(3)4)20-24-18-27(42)22-28(43)19-24)49-37-34(39(50)51)25(7-2)21-32(48-37)26-12-14-40(44,45)15-13-26/h10-11,18-19,21-23,26,29,46-47H,6-9,12-17,20H2,1-5H3. The van der Waals surface area contributed by atoms with E-state index in [-0.39, 0.29) is 49.6 Å². The first-order chi connectivity index (χ1) is 24.8. The van der Waals surface area contributed by atoms with Gasteiger partial charge in [-0.1, -0.05) is 45.7 Å². The molecule has 0 saturated heterocycles. The highest BCUT2D eigenvalue weighted by atomic mass is 35.5. The maximum absolute atomic E-state index is 15.1. The first-order valence-electron chi connectivity index (χ1n) is 18.2. The lowest BCUT2D eigenvalue weighted by molar-refractivity contribution is -0.0384. The molecule has 1 unspecified atom stereocenters. The van der Waals surface area contributed by atoms with E-state index in [2.05, 4.69) is 5.32 Å². The molecule has 4 aromatic rings. The van der Waals surface area contributed by atoms with Gasteiger partial charge in [-0.15, -0.1) is 0 Å². The minimum atomic E-state index is -2.71. The lowest BCUT2D eigenvalue weighted by Crippen LogP contribution is -2.30. The van der Waals surface area contributed by atoms with Crippen LogP contribution in [0.4, 0.5) is 23.2 Å². The number of nitrogens with one attached hydrogen (secondary N) is 2. The van der Waals surface area contributed by atoms with E-state index in [0.717, 1.165) is 6.07 Å². The Hall–Kier alpha value is -3.83. The predicted octanol–water partition coefficient (Wildman–Crippen LogP) is 10.2. The molecule has 1 saturated carbocycles. The van der Waals surface area contributed by atoms with Crippen molar-refractivity contribution >= 4 is 34.0 Å². The van der Waals surface area contributed by atoms with E-state index in [1.807, 2.05) is 33.8 Å². The molecular weight excluding hydrogens is 694 g/mol. The van der Waals surface area contributed by atoms with Gasteiger partial charge >= 0.3 is 0 Å². The summed E-state index contributed by atoms with van der Waals surface area (Å²) >= 11 is 6.80. The Kier molecular flexibility index (Phi) is 12.8. The molecule has 1 fully saturated rings. The Morgan fingerprint density at radius 3 is 2.40 bits per heavy atom. The molecule has 2 N–H and O–H groups in total. The topological polar surface area (TPSA) is 92.9 Å². The van der Waals surface area contributed by atoms with Crippen LogP contribution in [-0.2, 0) is 17.6 Å². The van der Waals surface area contributed by atoms with Gasteiger partial charge < -0.3 is 15.5 Å². The molecule has 1 atom stereocenters. The van der Waals surface area contributed by atoms with Crippen molar-refractivity contribution in [1.82, 2.24) is 14.5 Å². The minimum absolute atomic E-state index is 0.158. The van der Waals surface area contributed by atoms with Crippen LogP contribution in [0.3, 0.4) is 0 Å². The van der Waals surface area contributed by atoms with Gasteiger partial charge in [0.05, 0.1) is 21.8 Å². The Labute approximate surface area is 307 Å². The van der Waals surface area contributed by atoms with Crippen molar-refractivity contribution in [2.45, 2.75) is 103 Å². The highest BCUT2D eigenvalue weighted by molar-refractivity contribution is 6.35. The van der Waals surface area contributed by atoms with Crippen LogP contribution >= 0.6 is 11.6 Å². The summed E-state index contributed by atoms with van der Waals surface area (Å²) in [5.74, 6) is -4.70. The largest absolute Gasteiger partial charge is 0.385 e. The number of aryl methyl sites for hydroxylation is 1. The first-order valence-corrected chi connectivity index (χ1v) is 18.6. The van der Waals surface area contributed by atoms with Crippen LogP contribution in [0.1, 0.15) is 113 Å². The highest BCUT2D eigenvalue weighted by Gasteiger charge is 2.36. The molecule has 0 amide bonds. The van der Waals surface area contributed by atoms with Gasteiger partial charge in [-0.05, 0) is 85.9 Å². The number of hydrogen-bond acceptors (Lipinski definition) is 6. The van der Waals surface area contributed by atoms with Gasteiger partial charge in [-0.3, -0.25) is 9.36 Å². The number of anilines is 1. The predicted molar refractivity (Wildman–Crippen MR) is 200 cm³/mol. The van der Waals surface area contributed by atoms with Crippen molar-refractivity contribution in [2.24, 2.45) is 5.92 Å². The quantitative estimate of drug-likeness (QED) is 0.0719. The molecule has 2 aromatic carbocycles. The Balaban J connectivity index is 1.83. The average Bonchev–Trinajstić information content (AvgIpc) is 3.08. The van der Waals surface area contributed by atoms with Gasteiger partial charge in [0.2, 0.25) is 5.92 Å². The third-order valence-electron chi connectivity index (χ3n) is 10.0. The zero-order chi connectivity index (χ0) is 37.7. The van der Waals surface area contributed by atoms with E-state index >= 15 is 4.79 Å². The van der Waals surface area contributed by atoms with E-state index in [1.54, 1.807) is 23.8 Å². The van der Waals surface area contributed by atoms with Gasteiger partial charge in [-0.25, -0.2) is 27.5 Å². The van der Waals surface area contributed by atoms with Gasteiger partial charge in [0.15, 0.2) is 5.65 Å². The molecule has 2 heterocycles. The van der Waals surface area contributed by atoms with E-state index < -0.39 is 29.0 Å². The fraction of sp³-hybridized carbons (Fsp3) is 0.500. The second-order valence-electron chi connectivity index (χ2n) is 14.1. The molecule has 0 radical (unpaired) electrons. The summed E-state index contributed by atoms with van der Waals surface area (Å²) in [6, 6.07) is 8.64. The van der Waals surface area contributed by atoms with Crippen LogP contribution in [0.5, 0.6) is 0 Å². The van der Waals surface area contributed by atoms with E-state index in [0.29, 0.717) is 94.5 Å². The normalized spacial score (nSPS) is 15.4. The van der Waals surface area contributed by atoms with E-state index in [9.17, 15) is 17.6 Å². The van der Waals surface area contributed by atoms with E-state index in [4.69, 9.17) is 31.7 Å². The van der Waals surface area contributed by atoms with Crippen molar-refractivity contribution in [3.63, 3.8) is 0 Å². The number of aromatic nitrogens is 3. The SMILES string of the molecule is CCCC(=N)c1c(Cl)ccc(-n2c(C(Cc3cc(F)cc(F)c3)C(C)C)nc3nc(C4CCC(F)(F)CC4)cc(CC)c3c2=O)c1NCCCOC. The number of nitrogens with zero attached hydrogens (tertiary/aromatic N) is 3. The smallest absolute Gasteiger partial charge is 0.267 e. The second-order valence-corrected chi connectivity index (χ2v) is 14.6. The molecule has 1 aliphatic carbocycles. The van der Waals surface area contributed by atoms with Gasteiger partial charge in [0.1, 0.15) is 17.5 Å². The van der Waals surface area contributed by atoms with Crippen molar-refractivity contribution in [1.29, 1.82) is 5.41 Å². The third-order valence-corrected chi connectivity index (χ3v) is 10.3. The Bertz CT molecular complexity index is 1950. The molecule has 0 aliphatic heterocycles. The number of fused-ring (bicyclic) bond motifs is 1. The van der Waals surface area contributed by atoms with Gasteiger partial charge in [0.25, 0.3) is 5.56 Å². The summed E-state index contributed by atoms with van der Waals surface area (Å²) < 4.78 is 64.0. The lowest BCUT2D eigenvalue weighted by atomic mass is 9.84. The number of halogens is 5. The molecule has 2 aromatic heterocycles. The van der Waals surface area contributed by atoms with Crippen LogP contribution in [-0.4, -0.2) is 46.4 Å². The molecule has 52 heavy (non-hydrogen) atoms. The van der Waals surface area contributed by atoms with Crippen molar-refractivity contribution in [3.8, 4) is 5.69 Å². The number of hydrogen-bond donors (Lipinski definition) is 2. The van der Waals surface area contributed by atoms with Crippen molar-refractivity contribution < 1.29 is 22.3 Å². The first kappa shape index (κ1) is 39.4. The molecular formula is C40H48ClF4N5O2. The van der Waals surface area contributed by atoms with Crippen LogP contribution in [0.15, 0.2) is 41.2 Å². The maximum Gasteiger partial charge on any atom is 0.267 e. The Morgan fingerprint density at radius 2 is 1.79 bits per heavy atom. The zero-order valence-electron chi connectivity index (χ0n) is 30.5. The second kappa shape index (κ2) is 16.9. The molecule has 7 nitrogen and oxygen atoms in total. The summed E-state index contributed by atoms with van der Waals surface area (Å²) in [5.41, 5.74) is 3.26.